The van der Waals surface area contributed by atoms with Crippen LogP contribution in [-0.2, 0) is 4.79 Å². The summed E-state index contributed by atoms with van der Waals surface area (Å²) < 4.78 is 0. The van der Waals surface area contributed by atoms with Crippen molar-refractivity contribution in [1.82, 2.24) is 0 Å². The third kappa shape index (κ3) is 6.80. The molecule has 0 aromatic carbocycles. The summed E-state index contributed by atoms with van der Waals surface area (Å²) in [6, 6.07) is -0.690. The Bertz CT molecular complexity index is 106. The fourth-order valence-electron chi connectivity index (χ4n) is 0.609. The van der Waals surface area contributed by atoms with Crippen molar-refractivity contribution >= 4 is 43.7 Å². The summed E-state index contributed by atoms with van der Waals surface area (Å²) in [4.78, 5) is 10.1. The minimum atomic E-state index is -0.913. The van der Waals surface area contributed by atoms with Gasteiger partial charge in [0.15, 0.2) is 0 Å². The first-order valence-electron chi connectivity index (χ1n) is 3.02. The Morgan fingerprint density at radius 3 is 2.10 bits per heavy atom. The van der Waals surface area contributed by atoms with Crippen molar-refractivity contribution in [3.05, 3.63) is 0 Å². The van der Waals surface area contributed by atoms with Gasteiger partial charge in [0.2, 0.25) is 0 Å². The number of nitrogens with two attached hydrogens (primary N) is 1. The number of rotatable bonds is 3. The second kappa shape index (κ2) is 6.40. The van der Waals surface area contributed by atoms with Crippen LogP contribution in [0.1, 0.15) is 20.3 Å². The van der Waals surface area contributed by atoms with E-state index in [0.29, 0.717) is 12.3 Å². The summed E-state index contributed by atoms with van der Waals surface area (Å²) in [5, 5.41) is 8.31. The zero-order chi connectivity index (χ0) is 7.44. The van der Waals surface area contributed by atoms with Crippen LogP contribution in [0, 0.1) is 5.92 Å². The zero-order valence-electron chi connectivity index (χ0n) is 5.79. The Labute approximate surface area is 91.0 Å². The molecular formula is C6H15CaNO2. The molecule has 0 rings (SSSR count). The first-order valence-corrected chi connectivity index (χ1v) is 3.02. The molecule has 0 radical (unpaired) electrons. The summed E-state index contributed by atoms with van der Waals surface area (Å²) >= 11 is 0. The maximum atomic E-state index is 10.1. The van der Waals surface area contributed by atoms with Gasteiger partial charge in [0.1, 0.15) is 6.04 Å². The predicted octanol–water partition coefficient (Wildman–Crippen LogP) is -0.472. The van der Waals surface area contributed by atoms with Crippen LogP contribution in [-0.4, -0.2) is 54.9 Å². The SMILES string of the molecule is CC(C)CC(N)C(=O)O.[CaH2]. The molecule has 0 aliphatic rings. The van der Waals surface area contributed by atoms with Crippen LogP contribution >= 0.6 is 0 Å². The summed E-state index contributed by atoms with van der Waals surface area (Å²) in [6.45, 7) is 3.89. The van der Waals surface area contributed by atoms with E-state index < -0.39 is 12.0 Å². The molecule has 0 aliphatic heterocycles. The molecule has 0 bridgehead atoms. The molecule has 3 N–H and O–H groups in total. The van der Waals surface area contributed by atoms with Crippen molar-refractivity contribution in [3.8, 4) is 0 Å². The summed E-state index contributed by atoms with van der Waals surface area (Å²) in [6.07, 6.45) is 0.551. The molecule has 3 nitrogen and oxygen atoms in total. The number of hydrogen-bond donors (Lipinski definition) is 2. The number of carbonyl (C=O) groups is 1. The Balaban J connectivity index is 0. The van der Waals surface area contributed by atoms with E-state index in [4.69, 9.17) is 10.8 Å². The Morgan fingerprint density at radius 1 is 1.60 bits per heavy atom. The van der Waals surface area contributed by atoms with Gasteiger partial charge in [0.05, 0.1) is 0 Å². The fourth-order valence-corrected chi connectivity index (χ4v) is 0.609. The molecular weight excluding hydrogens is 158 g/mol. The number of carboxylic acids is 1. The van der Waals surface area contributed by atoms with E-state index in [2.05, 4.69) is 0 Å². The number of hydrogen-bond acceptors (Lipinski definition) is 2. The molecule has 0 aromatic rings. The molecule has 4 heteroatoms. The van der Waals surface area contributed by atoms with Crippen molar-refractivity contribution in [3.63, 3.8) is 0 Å². The molecule has 0 fully saturated rings. The van der Waals surface area contributed by atoms with Crippen LogP contribution in [0.5, 0.6) is 0 Å². The normalized spacial score (nSPS) is 12.4. The second-order valence-corrected chi connectivity index (χ2v) is 2.57. The van der Waals surface area contributed by atoms with Crippen molar-refractivity contribution < 1.29 is 9.90 Å². The van der Waals surface area contributed by atoms with E-state index in [-0.39, 0.29) is 37.7 Å². The predicted molar refractivity (Wildman–Crippen MR) is 43.6 cm³/mol. The first kappa shape index (κ1) is 13.3. The van der Waals surface area contributed by atoms with E-state index in [1.165, 1.54) is 0 Å². The van der Waals surface area contributed by atoms with Gasteiger partial charge in [-0.1, -0.05) is 13.8 Å². The quantitative estimate of drug-likeness (QED) is 0.567. The summed E-state index contributed by atoms with van der Waals surface area (Å²) in [5.41, 5.74) is 5.22. The molecule has 1 unspecified atom stereocenters. The average Bonchev–Trinajstić information content (AvgIpc) is 1.63. The van der Waals surface area contributed by atoms with Crippen molar-refractivity contribution in [2.24, 2.45) is 11.7 Å². The van der Waals surface area contributed by atoms with Gasteiger partial charge in [-0.05, 0) is 12.3 Å². The third-order valence-electron chi connectivity index (χ3n) is 1.04. The molecule has 58 valence electrons. The fraction of sp³-hybridized carbons (Fsp3) is 0.833. The van der Waals surface area contributed by atoms with E-state index in [0.717, 1.165) is 0 Å². The van der Waals surface area contributed by atoms with Crippen LogP contribution in [0.4, 0.5) is 0 Å². The van der Waals surface area contributed by atoms with Crippen molar-refractivity contribution in [2.45, 2.75) is 26.3 Å². The minimum absolute atomic E-state index is 0. The van der Waals surface area contributed by atoms with E-state index in [1.54, 1.807) is 0 Å². The Morgan fingerprint density at radius 2 is 2.00 bits per heavy atom. The molecule has 0 aliphatic carbocycles. The van der Waals surface area contributed by atoms with Crippen LogP contribution in [0.2, 0.25) is 0 Å². The van der Waals surface area contributed by atoms with Gasteiger partial charge >= 0.3 is 43.7 Å². The van der Waals surface area contributed by atoms with Gasteiger partial charge < -0.3 is 10.8 Å². The maximum absolute atomic E-state index is 10.1. The second-order valence-electron chi connectivity index (χ2n) is 2.57. The van der Waals surface area contributed by atoms with Crippen LogP contribution in [0.15, 0.2) is 0 Å². The van der Waals surface area contributed by atoms with Crippen LogP contribution < -0.4 is 5.73 Å². The van der Waals surface area contributed by atoms with Gasteiger partial charge in [-0.15, -0.1) is 0 Å². The molecule has 10 heavy (non-hydrogen) atoms. The molecule has 0 heterocycles. The van der Waals surface area contributed by atoms with Gasteiger partial charge in [-0.25, -0.2) is 0 Å². The number of aliphatic carboxylic acids is 1. The summed E-state index contributed by atoms with van der Waals surface area (Å²) in [5.74, 6) is -0.556. The zero-order valence-corrected chi connectivity index (χ0v) is 5.79. The van der Waals surface area contributed by atoms with Gasteiger partial charge in [0.25, 0.3) is 0 Å². The monoisotopic (exact) mass is 173 g/mol. The van der Waals surface area contributed by atoms with Crippen LogP contribution in [0.25, 0.3) is 0 Å². The van der Waals surface area contributed by atoms with E-state index >= 15 is 0 Å². The summed E-state index contributed by atoms with van der Waals surface area (Å²) in [7, 11) is 0. The van der Waals surface area contributed by atoms with Gasteiger partial charge in [-0.3, -0.25) is 4.79 Å². The van der Waals surface area contributed by atoms with Gasteiger partial charge in [0, 0.05) is 0 Å². The average molecular weight is 173 g/mol. The standard InChI is InChI=1S/C6H13NO2.Ca.2H/c1-4(2)3-5(7)6(8)9;;;/h4-5H,3,7H2,1-2H3,(H,8,9);;;. The third-order valence-corrected chi connectivity index (χ3v) is 1.04. The van der Waals surface area contributed by atoms with Gasteiger partial charge in [-0.2, -0.15) is 0 Å². The number of carboxylic acid groups (broad SMARTS) is 1. The molecule has 0 saturated carbocycles. The van der Waals surface area contributed by atoms with Crippen molar-refractivity contribution in [2.75, 3.05) is 0 Å². The molecule has 0 spiro atoms. The molecule has 0 amide bonds. The topological polar surface area (TPSA) is 63.3 Å². The Kier molecular flexibility index (Phi) is 8.51. The van der Waals surface area contributed by atoms with Crippen LogP contribution in [0.3, 0.4) is 0 Å². The molecule has 1 atom stereocenters. The Hall–Kier alpha value is 0.690. The van der Waals surface area contributed by atoms with Crippen molar-refractivity contribution in [1.29, 1.82) is 0 Å². The first-order chi connectivity index (χ1) is 4.04. The van der Waals surface area contributed by atoms with E-state index in [1.807, 2.05) is 13.8 Å². The molecule has 0 aromatic heterocycles. The van der Waals surface area contributed by atoms with E-state index in [9.17, 15) is 4.79 Å². The molecule has 0 saturated heterocycles.